The molecule has 0 bridgehead atoms. The fraction of sp³-hybridized carbons (Fsp3) is 1.00. The molecule has 0 radical (unpaired) electrons. The van der Waals surface area contributed by atoms with Gasteiger partial charge >= 0.3 is 0 Å². The molecule has 10 nitrogen and oxygen atoms in total. The lowest BCUT2D eigenvalue weighted by atomic mass is 9.73. The third-order valence-corrected chi connectivity index (χ3v) is 6.96. The maximum atomic E-state index is 11.0. The van der Waals surface area contributed by atoms with Crippen LogP contribution in [-0.2, 0) is 14.2 Å². The predicted molar refractivity (Wildman–Crippen MR) is 104 cm³/mol. The molecule has 10 atom stereocenters. The molecule has 2 aliphatic heterocycles. The van der Waals surface area contributed by atoms with E-state index in [0.717, 1.165) is 0 Å². The Labute approximate surface area is 177 Å². The van der Waals surface area contributed by atoms with Crippen LogP contribution < -0.4 is 0 Å². The molecule has 10 heteroatoms. The summed E-state index contributed by atoms with van der Waals surface area (Å²) >= 11 is 0. The molecule has 30 heavy (non-hydrogen) atoms. The highest BCUT2D eigenvalue weighted by atomic mass is 16.7. The first-order valence-electron chi connectivity index (χ1n) is 10.7. The quantitative estimate of drug-likeness (QED) is 0.231. The van der Waals surface area contributed by atoms with Crippen molar-refractivity contribution in [2.75, 3.05) is 13.2 Å². The molecule has 2 heterocycles. The Morgan fingerprint density at radius 3 is 1.90 bits per heavy atom. The van der Waals surface area contributed by atoms with Crippen molar-refractivity contribution in [2.45, 2.75) is 107 Å². The van der Waals surface area contributed by atoms with Gasteiger partial charge in [0.2, 0.25) is 0 Å². The minimum Gasteiger partial charge on any atom is -0.394 e. The van der Waals surface area contributed by atoms with Gasteiger partial charge in [0.25, 0.3) is 0 Å². The molecule has 7 N–H and O–H groups in total. The Hall–Kier alpha value is -0.400. The van der Waals surface area contributed by atoms with Crippen LogP contribution in [0.4, 0.5) is 0 Å². The molecule has 2 saturated heterocycles. The van der Waals surface area contributed by atoms with Gasteiger partial charge in [-0.1, -0.05) is 20.8 Å². The van der Waals surface area contributed by atoms with Crippen LogP contribution in [0, 0.1) is 5.92 Å². The third-order valence-electron chi connectivity index (χ3n) is 6.96. The van der Waals surface area contributed by atoms with Crippen molar-refractivity contribution in [1.29, 1.82) is 0 Å². The maximum absolute atomic E-state index is 11.0. The molecule has 0 aromatic rings. The molecule has 0 aromatic carbocycles. The van der Waals surface area contributed by atoms with Crippen molar-refractivity contribution in [3.05, 3.63) is 0 Å². The van der Waals surface area contributed by atoms with Gasteiger partial charge in [-0.25, -0.2) is 0 Å². The van der Waals surface area contributed by atoms with E-state index in [-0.39, 0.29) is 12.8 Å². The Morgan fingerprint density at radius 2 is 1.43 bits per heavy atom. The van der Waals surface area contributed by atoms with Gasteiger partial charge in [0.1, 0.15) is 36.6 Å². The van der Waals surface area contributed by atoms with Crippen molar-refractivity contribution < 1.29 is 50.0 Å². The van der Waals surface area contributed by atoms with Gasteiger partial charge in [-0.2, -0.15) is 0 Å². The van der Waals surface area contributed by atoms with Gasteiger partial charge in [-0.15, -0.1) is 0 Å². The Kier molecular flexibility index (Phi) is 8.65. The molecule has 2 rings (SSSR count). The lowest BCUT2D eigenvalue weighted by Gasteiger charge is -2.52. The normalized spacial score (nSPS) is 45.5. The van der Waals surface area contributed by atoms with Crippen LogP contribution >= 0.6 is 0 Å². The van der Waals surface area contributed by atoms with Gasteiger partial charge in [-0.05, 0) is 26.2 Å². The lowest BCUT2D eigenvalue weighted by Crippen LogP contribution is -2.68. The summed E-state index contributed by atoms with van der Waals surface area (Å²) in [5, 5.41) is 72.6. The van der Waals surface area contributed by atoms with E-state index in [2.05, 4.69) is 0 Å². The summed E-state index contributed by atoms with van der Waals surface area (Å²) < 4.78 is 17.3. The molecular weight excluding hydrogens is 400 g/mol. The van der Waals surface area contributed by atoms with E-state index in [0.29, 0.717) is 6.42 Å². The van der Waals surface area contributed by atoms with Crippen LogP contribution in [0.2, 0.25) is 0 Å². The first kappa shape index (κ1) is 25.9. The SMILES string of the molecule is CCC(O)(CC)C1C(O)C(CO)OC(OC2C(O)C(O)[C@H](CO)OC2(C)CC)C1O. The van der Waals surface area contributed by atoms with Crippen molar-refractivity contribution in [3.8, 4) is 0 Å². The Morgan fingerprint density at radius 1 is 0.867 bits per heavy atom. The number of ether oxygens (including phenoxy) is 3. The van der Waals surface area contributed by atoms with Gasteiger partial charge < -0.3 is 50.0 Å². The smallest absolute Gasteiger partial charge is 0.185 e. The van der Waals surface area contributed by atoms with Crippen LogP contribution in [0.25, 0.3) is 0 Å². The summed E-state index contributed by atoms with van der Waals surface area (Å²) in [6.45, 7) is 5.81. The van der Waals surface area contributed by atoms with E-state index in [1.165, 1.54) is 0 Å². The zero-order chi connectivity index (χ0) is 22.9. The van der Waals surface area contributed by atoms with Crippen LogP contribution in [-0.4, -0.2) is 109 Å². The molecule has 0 spiro atoms. The summed E-state index contributed by atoms with van der Waals surface area (Å²) in [5.74, 6) is -1.08. The second kappa shape index (κ2) is 10.0. The minimum absolute atomic E-state index is 0.242. The fourth-order valence-corrected chi connectivity index (χ4v) is 4.60. The average molecular weight is 439 g/mol. The van der Waals surface area contributed by atoms with Gasteiger partial charge in [0.15, 0.2) is 6.29 Å². The predicted octanol–water partition coefficient (Wildman–Crippen LogP) is -1.74. The van der Waals surface area contributed by atoms with Crippen LogP contribution in [0.3, 0.4) is 0 Å². The lowest BCUT2D eigenvalue weighted by molar-refractivity contribution is -0.360. The largest absolute Gasteiger partial charge is 0.394 e. The van der Waals surface area contributed by atoms with Crippen molar-refractivity contribution in [3.63, 3.8) is 0 Å². The number of aliphatic hydroxyl groups excluding tert-OH is 6. The summed E-state index contributed by atoms with van der Waals surface area (Å²) in [4.78, 5) is 0. The highest BCUT2D eigenvalue weighted by Gasteiger charge is 2.57. The number of rotatable bonds is 8. The topological polar surface area (TPSA) is 169 Å². The summed E-state index contributed by atoms with van der Waals surface area (Å²) in [7, 11) is 0. The van der Waals surface area contributed by atoms with Crippen LogP contribution in [0.15, 0.2) is 0 Å². The monoisotopic (exact) mass is 438 g/mol. The fourth-order valence-electron chi connectivity index (χ4n) is 4.60. The van der Waals surface area contributed by atoms with E-state index < -0.39 is 79.4 Å². The van der Waals surface area contributed by atoms with Crippen LogP contribution in [0.5, 0.6) is 0 Å². The highest BCUT2D eigenvalue weighted by Crippen LogP contribution is 2.41. The molecule has 2 fully saturated rings. The number of aliphatic hydroxyl groups is 7. The number of hydrogen-bond donors (Lipinski definition) is 7. The molecule has 0 saturated carbocycles. The number of hydrogen-bond acceptors (Lipinski definition) is 10. The molecule has 9 unspecified atom stereocenters. The van der Waals surface area contributed by atoms with Crippen LogP contribution in [0.1, 0.15) is 47.0 Å². The zero-order valence-corrected chi connectivity index (χ0v) is 18.1. The van der Waals surface area contributed by atoms with E-state index in [9.17, 15) is 35.7 Å². The first-order valence-corrected chi connectivity index (χ1v) is 10.7. The summed E-state index contributed by atoms with van der Waals surface area (Å²) in [6, 6.07) is 0. The molecule has 0 aliphatic carbocycles. The third kappa shape index (κ3) is 4.54. The zero-order valence-electron chi connectivity index (χ0n) is 18.1. The molecule has 2 aliphatic rings. The van der Waals surface area contributed by atoms with Gasteiger partial charge in [-0.3, -0.25) is 0 Å². The average Bonchev–Trinajstić information content (AvgIpc) is 2.74. The van der Waals surface area contributed by atoms with Gasteiger partial charge in [0, 0.05) is 5.92 Å². The van der Waals surface area contributed by atoms with E-state index in [1.807, 2.05) is 0 Å². The van der Waals surface area contributed by atoms with E-state index >= 15 is 0 Å². The van der Waals surface area contributed by atoms with Crippen molar-refractivity contribution in [2.24, 2.45) is 5.92 Å². The maximum Gasteiger partial charge on any atom is 0.185 e. The highest BCUT2D eigenvalue weighted by molar-refractivity contribution is 5.03. The minimum atomic E-state index is -1.48. The van der Waals surface area contributed by atoms with Crippen molar-refractivity contribution >= 4 is 0 Å². The van der Waals surface area contributed by atoms with E-state index in [4.69, 9.17) is 14.2 Å². The molecule has 178 valence electrons. The Bertz CT molecular complexity index is 544. The second-order valence-corrected chi connectivity index (χ2v) is 8.59. The molecule has 0 aromatic heterocycles. The molecular formula is C20H38O10. The molecule has 0 amide bonds. The standard InChI is InChI=1S/C20H38O10/c1-5-19(4)17(16(26)14(24)11(9-22)30-19)29-18-15(25)12(20(27,6-2)7-3)13(23)10(8-21)28-18/h10-18,21-27H,5-9H2,1-4H3/t10?,11-,12?,13?,14?,15?,16?,17?,18?,19?/m0/s1. The first-order chi connectivity index (χ1) is 14.0. The Balaban J connectivity index is 2.34. The summed E-state index contributed by atoms with van der Waals surface area (Å²) in [6.07, 6.45) is -9.56. The van der Waals surface area contributed by atoms with Crippen molar-refractivity contribution in [1.82, 2.24) is 0 Å². The van der Waals surface area contributed by atoms with Gasteiger partial charge in [0.05, 0.1) is 30.5 Å². The summed E-state index contributed by atoms with van der Waals surface area (Å²) in [5.41, 5.74) is -2.56. The van der Waals surface area contributed by atoms with E-state index in [1.54, 1.807) is 27.7 Å². The second-order valence-electron chi connectivity index (χ2n) is 8.59.